The highest BCUT2D eigenvalue weighted by Gasteiger charge is 2.49. The zero-order valence-electron chi connectivity index (χ0n) is 18.6. The molecule has 1 saturated heterocycles. The number of halogens is 1. The van der Waals surface area contributed by atoms with Crippen molar-refractivity contribution in [3.05, 3.63) is 29.1 Å². The fourth-order valence-electron chi connectivity index (χ4n) is 3.88. The van der Waals surface area contributed by atoms with Crippen LogP contribution in [0.5, 0.6) is 0 Å². The molecular formula is C19H27ClN6O6S. The maximum Gasteiger partial charge on any atom is 0.240 e. The summed E-state index contributed by atoms with van der Waals surface area (Å²) in [6, 6.07) is 0. The van der Waals surface area contributed by atoms with Gasteiger partial charge in [0.05, 0.1) is 37.0 Å². The van der Waals surface area contributed by atoms with Gasteiger partial charge in [-0.15, -0.1) is 10.2 Å². The highest BCUT2D eigenvalue weighted by Crippen LogP contribution is 2.47. The maximum absolute atomic E-state index is 13.3. The lowest BCUT2D eigenvalue weighted by molar-refractivity contribution is -0.0956. The molecule has 2 aliphatic rings. The Morgan fingerprint density at radius 2 is 2.00 bits per heavy atom. The molecule has 14 heteroatoms. The van der Waals surface area contributed by atoms with Gasteiger partial charge in [-0.05, 0) is 19.8 Å². The Morgan fingerprint density at radius 1 is 1.27 bits per heavy atom. The van der Waals surface area contributed by atoms with E-state index >= 15 is 0 Å². The average Bonchev–Trinajstić information content (AvgIpc) is 3.46. The number of nitrogens with one attached hydrogen (secondary N) is 1. The van der Waals surface area contributed by atoms with Crippen LogP contribution < -0.4 is 4.72 Å². The molecule has 0 spiro atoms. The van der Waals surface area contributed by atoms with Crippen LogP contribution in [0.1, 0.15) is 43.6 Å². The first-order valence-corrected chi connectivity index (χ1v) is 12.4. The predicted octanol–water partition coefficient (Wildman–Crippen LogP) is 1.46. The van der Waals surface area contributed by atoms with Gasteiger partial charge in [0, 0.05) is 26.6 Å². The molecule has 4 rings (SSSR count). The quantitative estimate of drug-likeness (QED) is 0.507. The largest absolute Gasteiger partial charge is 0.382 e. The molecule has 0 bridgehead atoms. The highest BCUT2D eigenvalue weighted by atomic mass is 35.5. The number of nitrogens with zero attached hydrogens (tertiary/aromatic N) is 5. The Kier molecular flexibility index (Phi) is 7.17. The molecule has 3 atom stereocenters. The second-order valence-electron chi connectivity index (χ2n) is 8.08. The van der Waals surface area contributed by atoms with Crippen LogP contribution in [0.25, 0.3) is 0 Å². The van der Waals surface area contributed by atoms with Crippen LogP contribution in [0.15, 0.2) is 12.4 Å². The van der Waals surface area contributed by atoms with Crippen LogP contribution in [0.4, 0.5) is 5.95 Å². The fraction of sp³-hybridized carbons (Fsp3) is 0.684. The van der Waals surface area contributed by atoms with Gasteiger partial charge >= 0.3 is 0 Å². The van der Waals surface area contributed by atoms with Gasteiger partial charge in [-0.3, -0.25) is 9.29 Å². The molecule has 2 aromatic rings. The Morgan fingerprint density at radius 3 is 2.58 bits per heavy atom. The Labute approximate surface area is 197 Å². The molecule has 1 unspecified atom stereocenters. The number of ether oxygens (including phenoxy) is 4. The van der Waals surface area contributed by atoms with E-state index < -0.39 is 33.0 Å². The van der Waals surface area contributed by atoms with Crippen LogP contribution in [-0.4, -0.2) is 79.0 Å². The van der Waals surface area contributed by atoms with Crippen molar-refractivity contribution >= 4 is 27.6 Å². The number of anilines is 1. The van der Waals surface area contributed by atoms with Gasteiger partial charge in [0.15, 0.2) is 11.6 Å². The molecule has 1 saturated carbocycles. The van der Waals surface area contributed by atoms with Crippen molar-refractivity contribution < 1.29 is 27.4 Å². The molecule has 1 aliphatic heterocycles. The zero-order valence-corrected chi connectivity index (χ0v) is 20.2. The van der Waals surface area contributed by atoms with Crippen LogP contribution in [0.3, 0.4) is 0 Å². The lowest BCUT2D eigenvalue weighted by Crippen LogP contribution is -2.36. The minimum absolute atomic E-state index is 0.0902. The number of hydrogen-bond donors (Lipinski definition) is 1. The van der Waals surface area contributed by atoms with E-state index in [9.17, 15) is 8.42 Å². The third kappa shape index (κ3) is 4.98. The van der Waals surface area contributed by atoms with E-state index in [0.29, 0.717) is 37.3 Å². The van der Waals surface area contributed by atoms with E-state index in [4.69, 9.17) is 30.5 Å². The van der Waals surface area contributed by atoms with Crippen LogP contribution in [0.2, 0.25) is 5.02 Å². The highest BCUT2D eigenvalue weighted by molar-refractivity contribution is 7.93. The van der Waals surface area contributed by atoms with Crippen molar-refractivity contribution in [3.63, 3.8) is 0 Å². The zero-order chi connectivity index (χ0) is 23.6. The Bertz CT molecular complexity index is 1060. The van der Waals surface area contributed by atoms with Crippen molar-refractivity contribution in [1.29, 1.82) is 0 Å². The minimum atomic E-state index is -3.99. The van der Waals surface area contributed by atoms with Crippen LogP contribution in [0, 0.1) is 0 Å². The summed E-state index contributed by atoms with van der Waals surface area (Å²) in [4.78, 5) is 8.21. The van der Waals surface area contributed by atoms with E-state index in [1.807, 2.05) is 0 Å². The molecule has 33 heavy (non-hydrogen) atoms. The third-order valence-electron chi connectivity index (χ3n) is 5.80. The first-order chi connectivity index (χ1) is 15.8. The summed E-state index contributed by atoms with van der Waals surface area (Å²) in [5.74, 6) is 0.791. The topological polar surface area (TPSA) is 140 Å². The van der Waals surface area contributed by atoms with E-state index in [1.165, 1.54) is 26.4 Å². The van der Waals surface area contributed by atoms with E-state index in [-0.39, 0.29) is 11.8 Å². The summed E-state index contributed by atoms with van der Waals surface area (Å²) in [5, 5.41) is 7.70. The normalized spacial score (nSPS) is 22.0. The molecule has 182 valence electrons. The molecule has 3 heterocycles. The first kappa shape index (κ1) is 24.2. The molecule has 12 nitrogen and oxygen atoms in total. The molecule has 1 N–H and O–H groups in total. The lowest BCUT2D eigenvalue weighted by Gasteiger charge is -2.27. The second-order valence-corrected chi connectivity index (χ2v) is 10.6. The van der Waals surface area contributed by atoms with Gasteiger partial charge in [-0.25, -0.2) is 18.4 Å². The summed E-state index contributed by atoms with van der Waals surface area (Å²) in [6.45, 7) is 3.12. The SMILES string of the molecule is COCC1(n2c(NS(=O)(=O)[C@@H](C)[C@H](OC)c3ncc(Cl)cn3)nnc2C2COCCO2)CC1. The van der Waals surface area contributed by atoms with Gasteiger partial charge in [-0.2, -0.15) is 0 Å². The third-order valence-corrected chi connectivity index (χ3v) is 7.69. The molecule has 2 aromatic heterocycles. The fourth-order valence-corrected chi connectivity index (χ4v) is 5.11. The summed E-state index contributed by atoms with van der Waals surface area (Å²) in [6.07, 6.45) is 2.98. The van der Waals surface area contributed by atoms with Gasteiger partial charge in [0.2, 0.25) is 16.0 Å². The average molecular weight is 503 g/mol. The molecule has 0 amide bonds. The Hall–Kier alpha value is -1.90. The monoisotopic (exact) mass is 502 g/mol. The lowest BCUT2D eigenvalue weighted by atomic mass is 10.2. The standard InChI is InChI=1S/C19H27ClN6O6S/c1-12(15(30-3)16-21-8-13(20)9-22-16)33(27,28)25-18-24-23-17(14-10-31-6-7-32-14)26(18)19(4-5-19)11-29-2/h8-9,12,14-15H,4-7,10-11H2,1-3H3,(H,24,25)/t12-,14?,15-/m0/s1. The molecule has 2 fully saturated rings. The van der Waals surface area contributed by atoms with Gasteiger partial charge in [0.25, 0.3) is 0 Å². The Balaban J connectivity index is 1.64. The number of rotatable bonds is 10. The summed E-state index contributed by atoms with van der Waals surface area (Å²) >= 11 is 5.85. The molecule has 0 aromatic carbocycles. The molecule has 0 radical (unpaired) electrons. The van der Waals surface area contributed by atoms with Crippen molar-refractivity contribution in [2.24, 2.45) is 0 Å². The van der Waals surface area contributed by atoms with Crippen LogP contribution >= 0.6 is 11.6 Å². The summed E-state index contributed by atoms with van der Waals surface area (Å²) in [5.41, 5.74) is -0.449. The van der Waals surface area contributed by atoms with Crippen molar-refractivity contribution in [1.82, 2.24) is 24.7 Å². The molecular weight excluding hydrogens is 476 g/mol. The summed E-state index contributed by atoms with van der Waals surface area (Å²) in [7, 11) is -0.995. The van der Waals surface area contributed by atoms with E-state index in [0.717, 1.165) is 12.8 Å². The second kappa shape index (κ2) is 9.76. The summed E-state index contributed by atoms with van der Waals surface area (Å²) < 4.78 is 53.2. The molecule has 1 aliphatic carbocycles. The van der Waals surface area contributed by atoms with Crippen molar-refractivity contribution in [3.8, 4) is 0 Å². The maximum atomic E-state index is 13.3. The number of sulfonamides is 1. The van der Waals surface area contributed by atoms with Gasteiger partial charge in [0.1, 0.15) is 17.5 Å². The first-order valence-electron chi connectivity index (χ1n) is 10.5. The van der Waals surface area contributed by atoms with E-state index in [2.05, 4.69) is 24.9 Å². The van der Waals surface area contributed by atoms with Gasteiger partial charge < -0.3 is 18.9 Å². The van der Waals surface area contributed by atoms with Crippen molar-refractivity contribution in [2.75, 3.05) is 45.4 Å². The van der Waals surface area contributed by atoms with Gasteiger partial charge in [-0.1, -0.05) is 11.6 Å². The van der Waals surface area contributed by atoms with Crippen molar-refractivity contribution in [2.45, 2.75) is 42.8 Å². The van der Waals surface area contributed by atoms with E-state index in [1.54, 1.807) is 11.7 Å². The smallest absolute Gasteiger partial charge is 0.240 e. The number of aromatic nitrogens is 5. The predicted molar refractivity (Wildman–Crippen MR) is 117 cm³/mol. The van der Waals surface area contributed by atoms with Crippen LogP contribution in [-0.2, 0) is 34.5 Å². The minimum Gasteiger partial charge on any atom is -0.382 e. The number of hydrogen-bond acceptors (Lipinski definition) is 10. The number of methoxy groups -OCH3 is 2.